The Labute approximate surface area is 694 Å². The molecule has 0 fully saturated rings. The zero-order chi connectivity index (χ0) is 88.1. The van der Waals surface area contributed by atoms with E-state index in [0.29, 0.717) is 44.7 Å². The van der Waals surface area contributed by atoms with Crippen molar-refractivity contribution in [1.82, 2.24) is 69.6 Å². The van der Waals surface area contributed by atoms with Gasteiger partial charge in [0.05, 0.1) is 40.4 Å². The van der Waals surface area contributed by atoms with Crippen molar-refractivity contribution in [3.8, 4) is 57.7 Å². The highest BCUT2D eigenvalue weighted by Crippen LogP contribution is 2.40. The molecule has 19 rings (SSSR count). The number of alkyl halides is 3. The summed E-state index contributed by atoms with van der Waals surface area (Å²) in [7, 11) is 0. The smallest absolute Gasteiger partial charge is 0.416 e. The van der Waals surface area contributed by atoms with Gasteiger partial charge in [-0.1, -0.05) is 66.7 Å². The number of para-hydroxylation sites is 4. The topological polar surface area (TPSA) is 506 Å². The van der Waals surface area contributed by atoms with Gasteiger partial charge in [0.1, 0.15) is 64.3 Å². The highest BCUT2D eigenvalue weighted by atomic mass is 19.4. The molecule has 624 valence electrons. The van der Waals surface area contributed by atoms with Crippen LogP contribution in [0.3, 0.4) is 0 Å². The molecule has 35 heteroatoms. The first-order valence-corrected chi connectivity index (χ1v) is 37.2. The molecule has 0 saturated heterocycles. The number of nitrogens with one attached hydrogen (secondary N) is 6. The molecule has 0 saturated carbocycles. The molecule has 2 amide bonds. The third kappa shape index (κ3) is 24.6. The number of halogens is 3. The lowest BCUT2D eigenvalue weighted by Crippen LogP contribution is -2.34. The van der Waals surface area contributed by atoms with Crippen LogP contribution in [0.2, 0.25) is 0 Å². The summed E-state index contributed by atoms with van der Waals surface area (Å²) in [6.07, 6.45) is 13.2. The average molecular weight is 1670 g/mol. The van der Waals surface area contributed by atoms with Gasteiger partial charge in [-0.2, -0.15) is 23.5 Å². The van der Waals surface area contributed by atoms with Crippen LogP contribution in [0.25, 0.3) is 72.0 Å². The number of carbonyl (C=O) groups excluding carboxylic acids is 2. The van der Waals surface area contributed by atoms with Gasteiger partial charge < -0.3 is 75.9 Å². The van der Waals surface area contributed by atoms with Crippen LogP contribution in [0.5, 0.6) is 34.5 Å². The molecule has 0 atom stereocenters. The van der Waals surface area contributed by atoms with Crippen molar-refractivity contribution < 1.29 is 57.8 Å². The number of aromatic amines is 5. The number of aryl methyl sites for hydroxylation is 3. The van der Waals surface area contributed by atoms with Gasteiger partial charge >= 0.3 is 6.18 Å². The number of primary amides is 1. The predicted octanol–water partition coefficient (Wildman–Crippen LogP) is 12.8. The molecule has 8 aromatic carbocycles. The summed E-state index contributed by atoms with van der Waals surface area (Å²) in [5.74, 6) is 0.665. The summed E-state index contributed by atoms with van der Waals surface area (Å²) < 4.78 is 44.2. The average Bonchev–Trinajstić information content (AvgIpc) is 1.37. The van der Waals surface area contributed by atoms with Gasteiger partial charge in [0.25, 0.3) is 22.6 Å². The van der Waals surface area contributed by atoms with Crippen molar-refractivity contribution in [3.05, 3.63) is 347 Å². The Bertz CT molecular complexity index is 6700. The van der Waals surface area contributed by atoms with E-state index in [1.807, 2.05) is 60.7 Å². The number of nitrogens with zero attached hydrogens (tertiary/aromatic N) is 11. The van der Waals surface area contributed by atoms with E-state index in [1.54, 1.807) is 122 Å². The van der Waals surface area contributed by atoms with E-state index in [9.17, 15) is 67.2 Å². The van der Waals surface area contributed by atoms with Crippen LogP contribution in [0.1, 0.15) is 63.8 Å². The number of carbonyl (C=O) groups is 2. The third-order valence-electron chi connectivity index (χ3n) is 17.7. The quantitative estimate of drug-likeness (QED) is 0.0778. The predicted molar refractivity (Wildman–Crippen MR) is 455 cm³/mol. The standard InChI is InChI=1S/C13H9NO2.C12H15NO.C10H6F3NO.C10H8O2.C8H7N3O.C8H6N2O.C8H8N2O.C7H8N2O2.C6H4N4O.C6H6N2O2/c15-11-7-3-1-5-9(11)13-14-10-6-2-4-8-12(10)16-13;14-11-6-5-9-3-1-7-13-8-2-4-10(11)12(9)13;11-10(12,13)6-1-2-7-8(5-6)14-4-3-9(7)15;11-9-5-1-3-7-8(9)4-2-6-10(7)12;12-8-3-1-7(2-4-8)11-6-9-5-10-11;11-8-6-3-1-2-4-7(6)9-5-10-8;1-5-3-6(2)10-8(11)7(5)4-9;1-5(10)9-6-2-3-8-7(11)4-6;11-6-4-5(9-3-10-6)8-2-1-7-4;7-6(10)5-4(9)2-1-3-8-5/h1-8,15H;5-6,14H,1-4,7-8H2;1-5H,(H,14,15);1-6,11-12H;1-6,12H;1-5H,(H,9,10,11);3H,1-2H3,(H,10,11);2-4H,1H3,(H2,8,9,10,11);1-3H,(H,8,9,10,11);1-3,9H,(H2,7,10). The van der Waals surface area contributed by atoms with E-state index in [4.69, 9.17) is 25.6 Å². The number of hydrogen-bond acceptors (Lipinski definition) is 24. The molecule has 17 aromatic rings. The highest BCUT2D eigenvalue weighted by Gasteiger charge is 2.31. The maximum absolute atomic E-state index is 12.3. The number of aromatic nitrogens is 14. The lowest BCUT2D eigenvalue weighted by Gasteiger charge is -2.36. The maximum atomic E-state index is 12.3. The first-order valence-electron chi connectivity index (χ1n) is 37.2. The zero-order valence-corrected chi connectivity index (χ0v) is 65.6. The molecule has 11 heterocycles. The second kappa shape index (κ2) is 42.3. The Morgan fingerprint density at radius 3 is 1.89 bits per heavy atom. The molecule has 32 nitrogen and oxygen atoms in total. The minimum Gasteiger partial charge on any atom is -0.508 e. The van der Waals surface area contributed by atoms with Gasteiger partial charge in [0.15, 0.2) is 27.9 Å². The molecule has 0 spiro atoms. The van der Waals surface area contributed by atoms with Crippen LogP contribution in [0.15, 0.2) is 285 Å². The summed E-state index contributed by atoms with van der Waals surface area (Å²) in [5, 5.41) is 73.4. The molecule has 2 aliphatic rings. The molecular formula is C88H77F3N18O14. The number of nitriles is 1. The number of rotatable bonds is 4. The number of phenols is 5. The van der Waals surface area contributed by atoms with Crippen LogP contribution in [0, 0.1) is 25.2 Å². The van der Waals surface area contributed by atoms with Gasteiger partial charge in [-0.05, 0) is 172 Å². The Balaban J connectivity index is 0.000000144. The highest BCUT2D eigenvalue weighted by molar-refractivity contribution is 5.94. The van der Waals surface area contributed by atoms with Crippen molar-refractivity contribution in [1.29, 1.82) is 5.26 Å². The number of oxazole rings is 1. The molecule has 9 aromatic heterocycles. The lowest BCUT2D eigenvalue weighted by molar-refractivity contribution is -0.137. The van der Waals surface area contributed by atoms with E-state index in [1.165, 1.54) is 136 Å². The largest absolute Gasteiger partial charge is 0.508 e. The second-order valence-electron chi connectivity index (χ2n) is 26.4. The minimum absolute atomic E-state index is 0.0874. The van der Waals surface area contributed by atoms with E-state index >= 15 is 0 Å². The van der Waals surface area contributed by atoms with E-state index < -0.39 is 17.6 Å². The monoisotopic (exact) mass is 1670 g/mol. The zero-order valence-electron chi connectivity index (χ0n) is 65.6. The summed E-state index contributed by atoms with van der Waals surface area (Å²) in [6.45, 7) is 7.27. The van der Waals surface area contributed by atoms with Gasteiger partial charge in [-0.15, -0.1) is 0 Å². The maximum Gasteiger partial charge on any atom is 0.416 e. The van der Waals surface area contributed by atoms with Crippen LogP contribution >= 0.6 is 0 Å². The number of aromatic hydroxyl groups is 6. The summed E-state index contributed by atoms with van der Waals surface area (Å²) in [4.78, 5) is 118. The van der Waals surface area contributed by atoms with Crippen molar-refractivity contribution >= 4 is 78.0 Å². The Morgan fingerprint density at radius 1 is 0.593 bits per heavy atom. The van der Waals surface area contributed by atoms with Crippen LogP contribution < -0.4 is 43.6 Å². The van der Waals surface area contributed by atoms with E-state index in [-0.39, 0.29) is 90.0 Å². The van der Waals surface area contributed by atoms with Crippen molar-refractivity contribution in [2.24, 2.45) is 5.73 Å². The van der Waals surface area contributed by atoms with Crippen LogP contribution in [-0.2, 0) is 23.8 Å². The number of amides is 2. The Morgan fingerprint density at radius 2 is 1.24 bits per heavy atom. The number of hydrogen-bond donors (Lipinski definition) is 13. The fourth-order valence-electron chi connectivity index (χ4n) is 12.1. The van der Waals surface area contributed by atoms with Crippen molar-refractivity contribution in [2.45, 2.75) is 52.6 Å². The van der Waals surface area contributed by atoms with E-state index in [2.05, 4.69) is 81.2 Å². The molecule has 0 aliphatic carbocycles. The number of pyridine rings is 4. The normalized spacial score (nSPS) is 11.2. The summed E-state index contributed by atoms with van der Waals surface area (Å²) >= 11 is 0. The molecule has 123 heavy (non-hydrogen) atoms. The third-order valence-corrected chi connectivity index (χ3v) is 17.7. The SMILES string of the molecule is CC(=O)Nc1cc[nH]c(=O)c1.Cc1cc(C)c(C#N)c(=O)[nH]1.NC(=O)c1ncccc1O.O=c1[nH]cnc2ccccc12.O=c1[nH]cnc2nccnc12.O=c1cc[nH]c2cc(C(F)(F)F)ccc12.Oc1ccc(-n2cncn2)cc1.Oc1ccc2c3c1CCCN3CCC2.Oc1cccc2c(O)cccc12.Oc1ccccc1-c1nc2ccccc2o1. The molecule has 14 N–H and O–H groups in total. The molecule has 2 aliphatic heterocycles. The molecule has 0 unspecified atom stereocenters. The number of benzene rings is 8. The fourth-order valence-corrected chi connectivity index (χ4v) is 12.1. The number of phenolic OH excluding ortho intramolecular Hbond substituents is 5. The van der Waals surface area contributed by atoms with Gasteiger partial charge in [0, 0.05) is 107 Å². The molecule has 0 bridgehead atoms. The molecular weight excluding hydrogens is 1590 g/mol. The van der Waals surface area contributed by atoms with Crippen molar-refractivity contribution in [2.75, 3.05) is 23.3 Å². The number of fused-ring (bicyclic) bond motifs is 5. The number of H-pyrrole nitrogens is 5. The first kappa shape index (κ1) is 88.4. The first-order chi connectivity index (χ1) is 59.1. The molecule has 0 radical (unpaired) electrons. The van der Waals surface area contributed by atoms with Crippen LogP contribution in [0.4, 0.5) is 24.5 Å². The van der Waals surface area contributed by atoms with Gasteiger partial charge in [-0.25, -0.2) is 39.6 Å². The van der Waals surface area contributed by atoms with Crippen molar-refractivity contribution in [3.63, 3.8) is 0 Å². The number of nitrogens with two attached hydrogens (primary N) is 1. The van der Waals surface area contributed by atoms with Gasteiger partial charge in [0.2, 0.25) is 17.4 Å². The Hall–Kier alpha value is -16.9. The van der Waals surface area contributed by atoms with Crippen LogP contribution in [-0.4, -0.2) is 125 Å². The van der Waals surface area contributed by atoms with Gasteiger partial charge in [-0.3, -0.25) is 33.6 Å². The van der Waals surface area contributed by atoms with E-state index in [0.717, 1.165) is 52.1 Å². The Kier molecular flexibility index (Phi) is 30.4. The lowest BCUT2D eigenvalue weighted by atomic mass is 9.91. The number of anilines is 2. The summed E-state index contributed by atoms with van der Waals surface area (Å²) in [6, 6.07) is 56.3. The minimum atomic E-state index is -4.39. The fraction of sp³-hybridized carbons (Fsp3) is 0.114. The summed E-state index contributed by atoms with van der Waals surface area (Å²) in [5.41, 5.74) is 13.6. The second-order valence-corrected chi connectivity index (χ2v) is 26.4.